The summed E-state index contributed by atoms with van der Waals surface area (Å²) in [5, 5.41) is 2.32. The van der Waals surface area contributed by atoms with Crippen molar-refractivity contribution in [2.24, 2.45) is 0 Å². The number of carbonyl (C=O) groups is 3. The second kappa shape index (κ2) is 9.45. The summed E-state index contributed by atoms with van der Waals surface area (Å²) in [4.78, 5) is 47.1. The van der Waals surface area contributed by atoms with Gasteiger partial charge in [0.25, 0.3) is 0 Å². The highest BCUT2D eigenvalue weighted by molar-refractivity contribution is 6.02. The lowest BCUT2D eigenvalue weighted by molar-refractivity contribution is -0.243. The second-order valence-electron chi connectivity index (χ2n) is 11.9. The molecule has 1 spiro atoms. The Hall–Kier alpha value is -3.69. The zero-order valence-corrected chi connectivity index (χ0v) is 23.3. The highest BCUT2D eigenvalue weighted by atomic mass is 16.7. The second-order valence-corrected chi connectivity index (χ2v) is 11.9. The minimum atomic E-state index is -1.67. The monoisotopic (exact) mass is 546 g/mol. The number of hydroxylamine groups is 2. The molecule has 0 N–H and O–H groups in total. The van der Waals surface area contributed by atoms with Gasteiger partial charge >= 0.3 is 12.1 Å². The van der Waals surface area contributed by atoms with Gasteiger partial charge in [-0.15, -0.1) is 0 Å². The molecule has 0 unspecified atom stereocenters. The van der Waals surface area contributed by atoms with E-state index in [9.17, 15) is 14.4 Å². The Bertz CT molecular complexity index is 1490. The summed E-state index contributed by atoms with van der Waals surface area (Å²) in [5.41, 5.74) is -0.0295. The lowest BCUT2D eigenvalue weighted by Crippen LogP contribution is -2.63. The average Bonchev–Trinajstić information content (AvgIpc) is 3.15. The van der Waals surface area contributed by atoms with E-state index >= 15 is 0 Å². The first kappa shape index (κ1) is 26.5. The molecule has 7 rings (SSSR count). The minimum absolute atomic E-state index is 0.0167. The van der Waals surface area contributed by atoms with Crippen molar-refractivity contribution in [3.63, 3.8) is 0 Å². The molecule has 9 nitrogen and oxygen atoms in total. The molecule has 0 radical (unpaired) electrons. The molecule has 3 aromatic rings. The van der Waals surface area contributed by atoms with Gasteiger partial charge in [0.15, 0.2) is 0 Å². The molecule has 3 aliphatic heterocycles. The van der Waals surface area contributed by atoms with E-state index in [1.165, 1.54) is 7.11 Å². The molecule has 4 heterocycles. The van der Waals surface area contributed by atoms with Crippen molar-refractivity contribution >= 4 is 28.9 Å². The SMILES string of the molecule is CON1CC[C@]23CCC(=O)n4c2c(c2ccccc24)[C@@]1(C(=O)OCc1ccccc1)[C@H](OC(=O)OC(C)(C)C)C3. The van der Waals surface area contributed by atoms with Crippen LogP contribution in [0.5, 0.6) is 0 Å². The Morgan fingerprint density at radius 3 is 2.48 bits per heavy atom. The van der Waals surface area contributed by atoms with Gasteiger partial charge in [0.2, 0.25) is 11.4 Å². The van der Waals surface area contributed by atoms with Crippen molar-refractivity contribution in [3.8, 4) is 0 Å². The van der Waals surface area contributed by atoms with Crippen LogP contribution in [-0.4, -0.2) is 53.0 Å². The first-order chi connectivity index (χ1) is 19.1. The number of benzene rings is 2. The molecule has 210 valence electrons. The Labute approximate surface area is 232 Å². The zero-order chi connectivity index (χ0) is 28.3. The van der Waals surface area contributed by atoms with Gasteiger partial charge in [0, 0.05) is 35.0 Å². The number of nitrogens with zero attached hydrogens (tertiary/aromatic N) is 2. The summed E-state index contributed by atoms with van der Waals surface area (Å²) >= 11 is 0. The summed E-state index contributed by atoms with van der Waals surface area (Å²) in [7, 11) is 1.51. The number of hydrogen-bond donors (Lipinski definition) is 0. The van der Waals surface area contributed by atoms with E-state index in [1.807, 2.05) is 54.6 Å². The molecule has 1 fully saturated rings. The van der Waals surface area contributed by atoms with E-state index in [4.69, 9.17) is 19.0 Å². The summed E-state index contributed by atoms with van der Waals surface area (Å²) < 4.78 is 19.5. The van der Waals surface area contributed by atoms with Crippen molar-refractivity contribution in [3.05, 3.63) is 71.4 Å². The molecule has 1 aliphatic carbocycles. The largest absolute Gasteiger partial charge is 0.509 e. The van der Waals surface area contributed by atoms with Gasteiger partial charge in [0.05, 0.1) is 12.6 Å². The lowest BCUT2D eigenvalue weighted by atomic mass is 9.62. The van der Waals surface area contributed by atoms with Crippen LogP contribution in [0.1, 0.15) is 68.1 Å². The quantitative estimate of drug-likeness (QED) is 0.401. The lowest BCUT2D eigenvalue weighted by Gasteiger charge is -2.49. The van der Waals surface area contributed by atoms with Gasteiger partial charge in [-0.1, -0.05) is 48.5 Å². The molecule has 4 aliphatic rings. The van der Waals surface area contributed by atoms with E-state index in [-0.39, 0.29) is 12.5 Å². The Kier molecular flexibility index (Phi) is 6.27. The molecule has 0 amide bonds. The third-order valence-corrected chi connectivity index (χ3v) is 8.43. The fourth-order valence-electron chi connectivity index (χ4n) is 6.87. The van der Waals surface area contributed by atoms with Gasteiger partial charge < -0.3 is 19.0 Å². The summed E-state index contributed by atoms with van der Waals surface area (Å²) in [5.74, 6) is -0.628. The predicted octanol–water partition coefficient (Wildman–Crippen LogP) is 5.24. The van der Waals surface area contributed by atoms with E-state index in [2.05, 4.69) is 0 Å². The first-order valence-corrected chi connectivity index (χ1v) is 13.7. The molecule has 9 heteroatoms. The first-order valence-electron chi connectivity index (χ1n) is 13.7. The molecule has 0 saturated carbocycles. The smallest absolute Gasteiger partial charge is 0.459 e. The summed E-state index contributed by atoms with van der Waals surface area (Å²) in [6.45, 7) is 5.68. The number of rotatable bonds is 5. The highest BCUT2D eigenvalue weighted by Crippen LogP contribution is 2.60. The van der Waals surface area contributed by atoms with Crippen LogP contribution in [0.15, 0.2) is 54.6 Å². The van der Waals surface area contributed by atoms with Crippen LogP contribution in [-0.2, 0) is 41.4 Å². The maximum absolute atomic E-state index is 14.6. The minimum Gasteiger partial charge on any atom is -0.459 e. The van der Waals surface area contributed by atoms with Gasteiger partial charge in [-0.2, -0.15) is 5.06 Å². The molecule has 1 aromatic heterocycles. The molecular formula is C31H34N2O7. The third-order valence-electron chi connectivity index (χ3n) is 8.43. The molecule has 2 bridgehead atoms. The maximum Gasteiger partial charge on any atom is 0.509 e. The standard InChI is InChI=1S/C31H34N2O7/c1-29(2,3)40-28(36)39-23-18-30-15-14-24(34)33-22-13-9-8-12-21(22)25(26(30)33)31(23,32(37-4)17-16-30)27(35)38-19-20-10-6-5-7-11-20/h5-13,23H,14-19H2,1-4H3/t23-,30+,31-/m1/s1. The Morgan fingerprint density at radius 1 is 1.02 bits per heavy atom. The van der Waals surface area contributed by atoms with Gasteiger partial charge in [-0.3, -0.25) is 9.36 Å². The summed E-state index contributed by atoms with van der Waals surface area (Å²) in [6, 6.07) is 17.0. The van der Waals surface area contributed by atoms with Crippen LogP contribution < -0.4 is 0 Å². The zero-order valence-electron chi connectivity index (χ0n) is 23.3. The normalized spacial score (nSPS) is 25.8. The molecule has 1 saturated heterocycles. The van der Waals surface area contributed by atoms with E-state index < -0.39 is 34.8 Å². The van der Waals surface area contributed by atoms with Crippen LogP contribution in [0.4, 0.5) is 4.79 Å². The predicted molar refractivity (Wildman–Crippen MR) is 145 cm³/mol. The fourth-order valence-corrected chi connectivity index (χ4v) is 6.87. The number of fused-ring (bicyclic) bond motifs is 5. The topological polar surface area (TPSA) is 96.3 Å². The molecule has 3 atom stereocenters. The third kappa shape index (κ3) is 3.94. The van der Waals surface area contributed by atoms with Crippen LogP contribution in [0.3, 0.4) is 0 Å². The average molecular weight is 547 g/mol. The number of para-hydroxylation sites is 1. The molecular weight excluding hydrogens is 512 g/mol. The number of hydrogen-bond acceptors (Lipinski definition) is 8. The van der Waals surface area contributed by atoms with Crippen molar-refractivity contribution in [1.29, 1.82) is 0 Å². The van der Waals surface area contributed by atoms with Gasteiger partial charge in [-0.25, -0.2) is 9.59 Å². The maximum atomic E-state index is 14.6. The van der Waals surface area contributed by atoms with Crippen LogP contribution in [0.25, 0.3) is 10.9 Å². The van der Waals surface area contributed by atoms with E-state index in [0.717, 1.165) is 22.2 Å². The van der Waals surface area contributed by atoms with Gasteiger partial charge in [-0.05, 0) is 51.7 Å². The Morgan fingerprint density at radius 2 is 1.75 bits per heavy atom. The molecule has 40 heavy (non-hydrogen) atoms. The van der Waals surface area contributed by atoms with Crippen LogP contribution in [0.2, 0.25) is 0 Å². The number of esters is 1. The fraction of sp³-hybridized carbons (Fsp3) is 0.452. The number of ether oxygens (including phenoxy) is 3. The highest BCUT2D eigenvalue weighted by Gasteiger charge is 2.68. The van der Waals surface area contributed by atoms with Crippen molar-refractivity contribution in [2.45, 2.75) is 75.7 Å². The van der Waals surface area contributed by atoms with Crippen LogP contribution >= 0.6 is 0 Å². The van der Waals surface area contributed by atoms with Crippen molar-refractivity contribution in [1.82, 2.24) is 9.63 Å². The van der Waals surface area contributed by atoms with Crippen molar-refractivity contribution in [2.75, 3.05) is 13.7 Å². The summed E-state index contributed by atoms with van der Waals surface area (Å²) in [6.07, 6.45) is -0.000698. The van der Waals surface area contributed by atoms with E-state index in [0.29, 0.717) is 37.8 Å². The number of carbonyl (C=O) groups excluding carboxylic acids is 3. The Balaban J connectivity index is 1.59. The van der Waals surface area contributed by atoms with E-state index in [1.54, 1.807) is 30.4 Å². The van der Waals surface area contributed by atoms with Gasteiger partial charge in [0.1, 0.15) is 18.3 Å². The van der Waals surface area contributed by atoms with Crippen molar-refractivity contribution < 1.29 is 33.4 Å². The number of aromatic nitrogens is 1. The molecule has 2 aromatic carbocycles. The van der Waals surface area contributed by atoms with Crippen LogP contribution in [0, 0.1) is 0 Å².